The number of carboxylic acid groups (broad SMARTS) is 1. The van der Waals surface area contributed by atoms with Gasteiger partial charge in [0.2, 0.25) is 0 Å². The number of allylic oxidation sites excluding steroid dienone is 1. The van der Waals surface area contributed by atoms with Crippen LogP contribution < -0.4 is 0 Å². The van der Waals surface area contributed by atoms with Gasteiger partial charge in [-0.3, -0.25) is 4.79 Å². The largest absolute Gasteiger partial charge is 0.481 e. The lowest BCUT2D eigenvalue weighted by Crippen LogP contribution is -2.12. The third-order valence-electron chi connectivity index (χ3n) is 1.39. The molecule has 1 rings (SSSR count). The van der Waals surface area contributed by atoms with Gasteiger partial charge in [-0.15, -0.1) is 5.73 Å². The zero-order chi connectivity index (χ0) is 6.69. The van der Waals surface area contributed by atoms with E-state index in [2.05, 4.69) is 5.73 Å². The fraction of sp³-hybridized carbons (Fsp3) is 0.429. The van der Waals surface area contributed by atoms with E-state index in [4.69, 9.17) is 5.11 Å². The maximum atomic E-state index is 10.3. The third-order valence-corrected chi connectivity index (χ3v) is 1.39. The van der Waals surface area contributed by atoms with Gasteiger partial charge >= 0.3 is 5.97 Å². The van der Waals surface area contributed by atoms with E-state index in [1.807, 2.05) is 0 Å². The number of carboxylic acids is 1. The van der Waals surface area contributed by atoms with Crippen molar-refractivity contribution in [2.24, 2.45) is 5.92 Å². The Morgan fingerprint density at radius 3 is 2.44 bits per heavy atom. The number of hydrogen-bond acceptors (Lipinski definition) is 1. The Balaban J connectivity index is 2.52. The predicted octanol–water partition coefficient (Wildman–Crippen LogP) is 1.19. The van der Waals surface area contributed by atoms with Crippen molar-refractivity contribution in [1.29, 1.82) is 0 Å². The molecule has 0 saturated carbocycles. The van der Waals surface area contributed by atoms with Gasteiger partial charge in [-0.2, -0.15) is 0 Å². The summed E-state index contributed by atoms with van der Waals surface area (Å²) in [5, 5.41) is 8.47. The Morgan fingerprint density at radius 2 is 2.11 bits per heavy atom. The minimum atomic E-state index is -0.705. The molecular formula is C7H8O2. The van der Waals surface area contributed by atoms with Crippen LogP contribution >= 0.6 is 0 Å². The van der Waals surface area contributed by atoms with Crippen molar-refractivity contribution in [3.63, 3.8) is 0 Å². The van der Waals surface area contributed by atoms with Crippen LogP contribution in [0.1, 0.15) is 12.8 Å². The molecule has 0 aromatic rings. The Bertz CT molecular complexity index is 165. The smallest absolute Gasteiger partial charge is 0.307 e. The first kappa shape index (κ1) is 6.12. The predicted molar refractivity (Wildman–Crippen MR) is 33.0 cm³/mol. The summed E-state index contributed by atoms with van der Waals surface area (Å²) >= 11 is 0. The Kier molecular flexibility index (Phi) is 1.71. The monoisotopic (exact) mass is 124 g/mol. The lowest BCUT2D eigenvalue weighted by atomic mass is 9.99. The van der Waals surface area contributed by atoms with Crippen molar-refractivity contribution < 1.29 is 9.90 Å². The Hall–Kier alpha value is -1.01. The van der Waals surface area contributed by atoms with E-state index in [0.717, 1.165) is 0 Å². The zero-order valence-electron chi connectivity index (χ0n) is 5.00. The van der Waals surface area contributed by atoms with Crippen LogP contribution in [0.4, 0.5) is 0 Å². The number of rotatable bonds is 1. The topological polar surface area (TPSA) is 37.3 Å². The van der Waals surface area contributed by atoms with Crippen LogP contribution in [0.2, 0.25) is 0 Å². The molecule has 0 atom stereocenters. The summed E-state index contributed by atoms with van der Waals surface area (Å²) in [5.74, 6) is -0.907. The molecule has 1 aliphatic rings. The molecule has 0 heterocycles. The zero-order valence-corrected chi connectivity index (χ0v) is 5.00. The minimum Gasteiger partial charge on any atom is -0.481 e. The molecule has 0 fully saturated rings. The van der Waals surface area contributed by atoms with Crippen LogP contribution in [0.25, 0.3) is 0 Å². The van der Waals surface area contributed by atoms with E-state index in [1.165, 1.54) is 0 Å². The van der Waals surface area contributed by atoms with Crippen molar-refractivity contribution in [2.45, 2.75) is 12.8 Å². The van der Waals surface area contributed by atoms with Crippen molar-refractivity contribution in [1.82, 2.24) is 0 Å². The molecule has 0 bridgehead atoms. The highest BCUT2D eigenvalue weighted by molar-refractivity contribution is 5.70. The molecule has 1 N–H and O–H groups in total. The fourth-order valence-electron chi connectivity index (χ4n) is 0.802. The van der Waals surface area contributed by atoms with Gasteiger partial charge in [-0.05, 0) is 25.0 Å². The van der Waals surface area contributed by atoms with E-state index in [9.17, 15) is 4.79 Å². The summed E-state index contributed by atoms with van der Waals surface area (Å²) in [4.78, 5) is 10.3. The average molecular weight is 124 g/mol. The normalized spacial score (nSPS) is 18.2. The fourth-order valence-corrected chi connectivity index (χ4v) is 0.802. The van der Waals surface area contributed by atoms with Crippen LogP contribution in [0.5, 0.6) is 0 Å². The van der Waals surface area contributed by atoms with Gasteiger partial charge < -0.3 is 5.11 Å². The van der Waals surface area contributed by atoms with Crippen molar-refractivity contribution >= 4 is 5.97 Å². The number of hydrogen-bond donors (Lipinski definition) is 1. The van der Waals surface area contributed by atoms with Crippen molar-refractivity contribution in [3.8, 4) is 0 Å². The van der Waals surface area contributed by atoms with Crippen LogP contribution in [0.3, 0.4) is 0 Å². The number of aliphatic carboxylic acids is 1. The molecule has 0 aromatic heterocycles. The van der Waals surface area contributed by atoms with Crippen molar-refractivity contribution in [2.75, 3.05) is 0 Å². The molecular weight excluding hydrogens is 116 g/mol. The SMILES string of the molecule is O=C(O)C1CC=C=CC1. The summed E-state index contributed by atoms with van der Waals surface area (Å²) in [5.41, 5.74) is 2.86. The van der Waals surface area contributed by atoms with Gasteiger partial charge in [0, 0.05) is 0 Å². The van der Waals surface area contributed by atoms with E-state index >= 15 is 0 Å². The molecule has 0 spiro atoms. The molecule has 2 nitrogen and oxygen atoms in total. The third kappa shape index (κ3) is 1.44. The van der Waals surface area contributed by atoms with Gasteiger partial charge in [0.05, 0.1) is 5.92 Å². The molecule has 2 heteroatoms. The second-order valence-electron chi connectivity index (χ2n) is 2.08. The summed E-state index contributed by atoms with van der Waals surface area (Å²) in [7, 11) is 0. The molecule has 0 aliphatic heterocycles. The molecule has 48 valence electrons. The van der Waals surface area contributed by atoms with E-state index < -0.39 is 5.97 Å². The molecule has 0 saturated heterocycles. The molecule has 0 unspecified atom stereocenters. The average Bonchev–Trinajstić information content (AvgIpc) is 1.90. The Morgan fingerprint density at radius 1 is 1.56 bits per heavy atom. The van der Waals surface area contributed by atoms with E-state index in [-0.39, 0.29) is 5.92 Å². The lowest BCUT2D eigenvalue weighted by molar-refractivity contribution is -0.141. The Labute approximate surface area is 53.5 Å². The second-order valence-corrected chi connectivity index (χ2v) is 2.08. The molecule has 0 aromatic carbocycles. The van der Waals surface area contributed by atoms with Crippen LogP contribution in [0.15, 0.2) is 17.9 Å². The van der Waals surface area contributed by atoms with Gasteiger partial charge in [-0.1, -0.05) is 0 Å². The second kappa shape index (κ2) is 2.51. The molecule has 1 aliphatic carbocycles. The molecule has 0 radical (unpaired) electrons. The maximum absolute atomic E-state index is 10.3. The summed E-state index contributed by atoms with van der Waals surface area (Å²) in [6.07, 6.45) is 4.79. The lowest BCUT2D eigenvalue weighted by Gasteiger charge is -2.06. The van der Waals surface area contributed by atoms with Gasteiger partial charge in [0.1, 0.15) is 0 Å². The van der Waals surface area contributed by atoms with Crippen LogP contribution in [-0.4, -0.2) is 11.1 Å². The van der Waals surface area contributed by atoms with E-state index in [1.54, 1.807) is 12.2 Å². The summed E-state index contributed by atoms with van der Waals surface area (Å²) < 4.78 is 0. The summed E-state index contributed by atoms with van der Waals surface area (Å²) in [6, 6.07) is 0. The first-order valence-corrected chi connectivity index (χ1v) is 2.93. The highest BCUT2D eigenvalue weighted by atomic mass is 16.4. The maximum Gasteiger partial charge on any atom is 0.307 e. The van der Waals surface area contributed by atoms with E-state index in [0.29, 0.717) is 12.8 Å². The molecule has 9 heavy (non-hydrogen) atoms. The highest BCUT2D eigenvalue weighted by Crippen LogP contribution is 2.12. The quantitative estimate of drug-likeness (QED) is 0.533. The van der Waals surface area contributed by atoms with Crippen molar-refractivity contribution in [3.05, 3.63) is 17.9 Å². The summed E-state index contributed by atoms with van der Waals surface area (Å²) in [6.45, 7) is 0. The minimum absolute atomic E-state index is 0.203. The first-order chi connectivity index (χ1) is 4.30. The molecule has 0 amide bonds. The van der Waals surface area contributed by atoms with Gasteiger partial charge in [0.15, 0.2) is 0 Å². The van der Waals surface area contributed by atoms with Gasteiger partial charge in [-0.25, -0.2) is 0 Å². The van der Waals surface area contributed by atoms with Crippen LogP contribution in [-0.2, 0) is 4.79 Å². The first-order valence-electron chi connectivity index (χ1n) is 2.93. The standard InChI is InChI=1S/C7H8O2/c8-7(9)6-4-2-1-3-5-6/h2-3,6H,4-5H2,(H,8,9). The highest BCUT2D eigenvalue weighted by Gasteiger charge is 2.14. The number of carbonyl (C=O) groups is 1. The van der Waals surface area contributed by atoms with Gasteiger partial charge in [0.25, 0.3) is 0 Å². The van der Waals surface area contributed by atoms with Crippen LogP contribution in [0, 0.1) is 5.92 Å².